The summed E-state index contributed by atoms with van der Waals surface area (Å²) >= 11 is 4.81. The second-order valence-corrected chi connectivity index (χ2v) is 6.82. The molecule has 0 bridgehead atoms. The third-order valence-electron chi connectivity index (χ3n) is 3.41. The summed E-state index contributed by atoms with van der Waals surface area (Å²) in [7, 11) is 0. The first-order valence-corrected chi connectivity index (χ1v) is 8.75. The third kappa shape index (κ3) is 3.92. The van der Waals surface area contributed by atoms with Crippen molar-refractivity contribution in [1.82, 2.24) is 0 Å². The minimum atomic E-state index is -1.04. The van der Waals surface area contributed by atoms with Crippen LogP contribution >= 0.6 is 11.6 Å². The molecule has 0 spiro atoms. The molecule has 3 rings (SSSR count). The Balaban J connectivity index is 1.70. The Morgan fingerprint density at radius 2 is 1.64 bits per heavy atom. The summed E-state index contributed by atoms with van der Waals surface area (Å²) in [5, 5.41) is 4.84. The van der Waals surface area contributed by atoms with Crippen molar-refractivity contribution in [2.75, 3.05) is 0 Å². The summed E-state index contributed by atoms with van der Waals surface area (Å²) in [6, 6.07) is 21.9. The molecule has 0 aliphatic rings. The highest BCUT2D eigenvalue weighted by molar-refractivity contribution is 7.93. The standard InChI is InChI=1S/C19H15ClOS/c20-19-9-6-16(7-10-19)14-22(21)12-11-15-5-8-17-3-1-2-4-18(17)13-15/h1-13H,14H2. The lowest BCUT2D eigenvalue weighted by Gasteiger charge is -2.06. The highest BCUT2D eigenvalue weighted by atomic mass is 35.5. The molecule has 0 amide bonds. The lowest BCUT2D eigenvalue weighted by molar-refractivity contribution is 0.603. The predicted octanol–water partition coefficient (Wildman–Crippen LogP) is 5.41. The summed E-state index contributed by atoms with van der Waals surface area (Å²) in [6.45, 7) is 0. The van der Waals surface area contributed by atoms with E-state index in [0.29, 0.717) is 10.8 Å². The van der Waals surface area contributed by atoms with Gasteiger partial charge in [0.2, 0.25) is 0 Å². The second kappa shape index (κ2) is 7.01. The van der Waals surface area contributed by atoms with Gasteiger partial charge in [0.05, 0.1) is 0 Å². The van der Waals surface area contributed by atoms with Crippen LogP contribution < -0.4 is 0 Å². The molecule has 3 heteroatoms. The third-order valence-corrected chi connectivity index (χ3v) is 4.72. The zero-order chi connectivity index (χ0) is 15.4. The van der Waals surface area contributed by atoms with Crippen molar-refractivity contribution >= 4 is 39.6 Å². The zero-order valence-corrected chi connectivity index (χ0v) is 13.5. The first kappa shape index (κ1) is 15.2. The lowest BCUT2D eigenvalue weighted by atomic mass is 10.1. The second-order valence-electron chi connectivity index (χ2n) is 5.06. The van der Waals surface area contributed by atoms with Gasteiger partial charge in [0.15, 0.2) is 0 Å². The minimum Gasteiger partial charge on any atom is -0.612 e. The maximum Gasteiger partial charge on any atom is 0.135 e. The summed E-state index contributed by atoms with van der Waals surface area (Å²) < 4.78 is 12.1. The van der Waals surface area contributed by atoms with Crippen LogP contribution in [0.3, 0.4) is 0 Å². The molecule has 0 fully saturated rings. The molecule has 0 aliphatic heterocycles. The highest BCUT2D eigenvalue weighted by Crippen LogP contribution is 2.18. The van der Waals surface area contributed by atoms with Gasteiger partial charge in [0.25, 0.3) is 0 Å². The molecule has 0 radical (unpaired) electrons. The molecule has 1 atom stereocenters. The van der Waals surface area contributed by atoms with E-state index >= 15 is 0 Å². The number of fused-ring (bicyclic) bond motifs is 1. The van der Waals surface area contributed by atoms with Crippen molar-refractivity contribution < 1.29 is 4.55 Å². The van der Waals surface area contributed by atoms with Gasteiger partial charge in [-0.25, -0.2) is 0 Å². The van der Waals surface area contributed by atoms with E-state index < -0.39 is 11.2 Å². The number of rotatable bonds is 4. The Hall–Kier alpha value is -1.74. The van der Waals surface area contributed by atoms with Gasteiger partial charge in [-0.15, -0.1) is 0 Å². The van der Waals surface area contributed by atoms with E-state index in [4.69, 9.17) is 11.6 Å². The van der Waals surface area contributed by atoms with Crippen molar-refractivity contribution in [3.05, 3.63) is 88.3 Å². The largest absolute Gasteiger partial charge is 0.612 e. The Kier molecular flexibility index (Phi) is 4.84. The highest BCUT2D eigenvalue weighted by Gasteiger charge is 2.04. The average Bonchev–Trinajstić information content (AvgIpc) is 2.55. The minimum absolute atomic E-state index is 0.501. The van der Waals surface area contributed by atoms with Crippen molar-refractivity contribution in [1.29, 1.82) is 0 Å². The Bertz CT molecular complexity index is 796. The number of halogens is 1. The summed E-state index contributed by atoms with van der Waals surface area (Å²) in [5.41, 5.74) is 2.08. The fourth-order valence-corrected chi connectivity index (χ4v) is 3.31. The van der Waals surface area contributed by atoms with Gasteiger partial charge in [-0.1, -0.05) is 60.1 Å². The van der Waals surface area contributed by atoms with Crippen LogP contribution in [-0.4, -0.2) is 4.55 Å². The summed E-state index contributed by atoms with van der Waals surface area (Å²) in [5.74, 6) is 0.501. The van der Waals surface area contributed by atoms with E-state index in [0.717, 1.165) is 11.1 Å². The number of hydrogen-bond acceptors (Lipinski definition) is 1. The van der Waals surface area contributed by atoms with Crippen LogP contribution in [0.25, 0.3) is 16.8 Å². The molecule has 0 heterocycles. The van der Waals surface area contributed by atoms with Gasteiger partial charge < -0.3 is 4.55 Å². The normalized spacial score (nSPS) is 12.8. The Morgan fingerprint density at radius 1 is 0.909 bits per heavy atom. The van der Waals surface area contributed by atoms with Gasteiger partial charge in [-0.3, -0.25) is 0 Å². The topological polar surface area (TPSA) is 23.1 Å². The molecule has 1 nitrogen and oxygen atoms in total. The van der Waals surface area contributed by atoms with E-state index in [9.17, 15) is 4.55 Å². The van der Waals surface area contributed by atoms with Crippen LogP contribution in [0.5, 0.6) is 0 Å². The lowest BCUT2D eigenvalue weighted by Crippen LogP contribution is -1.99. The molecule has 1 unspecified atom stereocenters. The molecule has 0 saturated heterocycles. The number of benzene rings is 3. The van der Waals surface area contributed by atoms with Gasteiger partial charge in [0, 0.05) is 10.6 Å². The molecule has 110 valence electrons. The Labute approximate surface area is 138 Å². The molecular weight excluding hydrogens is 312 g/mol. The molecular formula is C19H15ClOS. The molecule has 3 aromatic rings. The molecule has 0 N–H and O–H groups in total. The van der Waals surface area contributed by atoms with E-state index in [2.05, 4.69) is 24.3 Å². The summed E-state index contributed by atoms with van der Waals surface area (Å²) in [4.78, 5) is 0. The van der Waals surface area contributed by atoms with Gasteiger partial charge in [-0.05, 0) is 51.8 Å². The average molecular weight is 327 g/mol. The van der Waals surface area contributed by atoms with E-state index in [1.165, 1.54) is 10.8 Å². The van der Waals surface area contributed by atoms with Crippen molar-refractivity contribution in [2.45, 2.75) is 5.75 Å². The van der Waals surface area contributed by atoms with Crippen molar-refractivity contribution in [3.63, 3.8) is 0 Å². The van der Waals surface area contributed by atoms with Gasteiger partial charge in [0.1, 0.15) is 11.2 Å². The van der Waals surface area contributed by atoms with E-state index in [-0.39, 0.29) is 0 Å². The first-order chi connectivity index (χ1) is 10.7. The van der Waals surface area contributed by atoms with Crippen molar-refractivity contribution in [3.8, 4) is 0 Å². The smallest absolute Gasteiger partial charge is 0.135 e. The molecule has 3 aromatic carbocycles. The van der Waals surface area contributed by atoms with E-state index in [1.54, 1.807) is 5.41 Å². The van der Waals surface area contributed by atoms with Crippen LogP contribution in [0, 0.1) is 0 Å². The zero-order valence-electron chi connectivity index (χ0n) is 11.9. The number of hydrogen-bond donors (Lipinski definition) is 0. The molecule has 22 heavy (non-hydrogen) atoms. The first-order valence-electron chi connectivity index (χ1n) is 6.99. The Morgan fingerprint density at radius 3 is 2.41 bits per heavy atom. The quantitative estimate of drug-likeness (QED) is 0.588. The van der Waals surface area contributed by atoms with E-state index in [1.807, 2.05) is 48.5 Å². The maximum absolute atomic E-state index is 12.1. The fraction of sp³-hybridized carbons (Fsp3) is 0.0526. The monoisotopic (exact) mass is 326 g/mol. The predicted molar refractivity (Wildman–Crippen MR) is 96.3 cm³/mol. The summed E-state index contributed by atoms with van der Waals surface area (Å²) in [6.07, 6.45) is 1.92. The van der Waals surface area contributed by atoms with Gasteiger partial charge >= 0.3 is 0 Å². The SMILES string of the molecule is [O-][S+](C=Cc1ccc2ccccc2c1)Cc1ccc(Cl)cc1. The van der Waals surface area contributed by atoms with Crippen LogP contribution in [0.4, 0.5) is 0 Å². The fourth-order valence-electron chi connectivity index (χ4n) is 2.26. The molecule has 0 saturated carbocycles. The van der Waals surface area contributed by atoms with Crippen LogP contribution in [0.15, 0.2) is 72.1 Å². The maximum atomic E-state index is 12.1. The van der Waals surface area contributed by atoms with Gasteiger partial charge in [-0.2, -0.15) is 0 Å². The van der Waals surface area contributed by atoms with Crippen LogP contribution in [0.2, 0.25) is 5.02 Å². The molecule has 0 aromatic heterocycles. The van der Waals surface area contributed by atoms with Crippen LogP contribution in [-0.2, 0) is 16.9 Å². The molecule has 0 aliphatic carbocycles. The van der Waals surface area contributed by atoms with Crippen molar-refractivity contribution in [2.24, 2.45) is 0 Å². The van der Waals surface area contributed by atoms with Crippen LogP contribution in [0.1, 0.15) is 11.1 Å².